The summed E-state index contributed by atoms with van der Waals surface area (Å²) in [5, 5.41) is 9.03. The number of alkyl halides is 3. The van der Waals surface area contributed by atoms with E-state index in [1.165, 1.54) is 26.2 Å². The van der Waals surface area contributed by atoms with Crippen molar-refractivity contribution >= 4 is 16.0 Å². The molecule has 2 rings (SSSR count). The highest BCUT2D eigenvalue weighted by Gasteiger charge is 2.55. The molecule has 25 heavy (non-hydrogen) atoms. The molecule has 0 aromatic heterocycles. The lowest BCUT2D eigenvalue weighted by Crippen LogP contribution is -2.34. The number of nitrogens with zero attached hydrogens (tertiary/aromatic N) is 1. The highest BCUT2D eigenvalue weighted by molar-refractivity contribution is 7.89. The lowest BCUT2D eigenvalue weighted by Gasteiger charge is -2.20. The third-order valence-corrected chi connectivity index (χ3v) is 6.31. The Morgan fingerprint density at radius 1 is 1.24 bits per heavy atom. The fourth-order valence-electron chi connectivity index (χ4n) is 2.95. The SMILES string of the molecule is COc1cc(C)c(S(=O)(=O)N2C[C@@H](C(F)(F)F)[C@H](C(=O)O)C2)cc1C. The van der Waals surface area contributed by atoms with E-state index in [9.17, 15) is 26.4 Å². The first kappa shape index (κ1) is 19.5. The maximum absolute atomic E-state index is 13.1. The predicted molar refractivity (Wildman–Crippen MR) is 81.9 cm³/mol. The number of hydrogen-bond donors (Lipinski definition) is 1. The van der Waals surface area contributed by atoms with Gasteiger partial charge in [0.1, 0.15) is 5.75 Å². The summed E-state index contributed by atoms with van der Waals surface area (Å²) in [5.41, 5.74) is 0.817. The molecule has 0 saturated carbocycles. The van der Waals surface area contributed by atoms with Crippen molar-refractivity contribution in [3.8, 4) is 5.75 Å². The quantitative estimate of drug-likeness (QED) is 0.864. The zero-order valence-electron chi connectivity index (χ0n) is 13.8. The van der Waals surface area contributed by atoms with Crippen molar-refractivity contribution in [1.29, 1.82) is 0 Å². The van der Waals surface area contributed by atoms with Crippen molar-refractivity contribution in [1.82, 2.24) is 4.31 Å². The maximum Gasteiger partial charge on any atom is 0.393 e. The second-order valence-corrected chi connectivity index (χ2v) is 7.91. The van der Waals surface area contributed by atoms with Crippen LogP contribution in [0.25, 0.3) is 0 Å². The first-order chi connectivity index (χ1) is 11.4. The molecule has 1 aromatic rings. The molecule has 1 N–H and O–H groups in total. The van der Waals surface area contributed by atoms with Gasteiger partial charge in [0.25, 0.3) is 0 Å². The number of halogens is 3. The van der Waals surface area contributed by atoms with Crippen LogP contribution in [0, 0.1) is 25.7 Å². The molecule has 0 bridgehead atoms. The van der Waals surface area contributed by atoms with Crippen molar-refractivity contribution < 1.29 is 36.2 Å². The van der Waals surface area contributed by atoms with Gasteiger partial charge in [0.15, 0.2) is 0 Å². The lowest BCUT2D eigenvalue weighted by atomic mass is 9.96. The van der Waals surface area contributed by atoms with Gasteiger partial charge < -0.3 is 9.84 Å². The maximum atomic E-state index is 13.1. The number of aryl methyl sites for hydroxylation is 2. The third-order valence-electron chi connectivity index (χ3n) is 4.33. The highest BCUT2D eigenvalue weighted by atomic mass is 32.2. The van der Waals surface area contributed by atoms with E-state index < -0.39 is 47.1 Å². The van der Waals surface area contributed by atoms with Gasteiger partial charge in [-0.2, -0.15) is 17.5 Å². The minimum absolute atomic E-state index is 0.155. The first-order valence-corrected chi connectivity index (χ1v) is 8.78. The number of rotatable bonds is 4. The molecule has 1 fully saturated rings. The number of hydrogen-bond acceptors (Lipinski definition) is 4. The van der Waals surface area contributed by atoms with Crippen LogP contribution in [0.15, 0.2) is 17.0 Å². The highest BCUT2D eigenvalue weighted by Crippen LogP contribution is 2.40. The lowest BCUT2D eigenvalue weighted by molar-refractivity contribution is -0.187. The summed E-state index contributed by atoms with van der Waals surface area (Å²) in [4.78, 5) is 11.0. The van der Waals surface area contributed by atoms with Crippen molar-refractivity contribution in [2.45, 2.75) is 24.9 Å². The Balaban J connectivity index is 2.44. The zero-order chi connectivity index (χ0) is 19.2. The number of aliphatic carboxylic acids is 1. The van der Waals surface area contributed by atoms with E-state index in [-0.39, 0.29) is 4.90 Å². The number of carboxylic acids is 1. The summed E-state index contributed by atoms with van der Waals surface area (Å²) in [6.45, 7) is 1.49. The molecule has 1 aromatic carbocycles. The molecule has 0 spiro atoms. The van der Waals surface area contributed by atoms with Crippen LogP contribution in [0.4, 0.5) is 13.2 Å². The number of carbonyl (C=O) groups is 1. The second kappa shape index (κ2) is 6.49. The van der Waals surface area contributed by atoms with Gasteiger partial charge in [0.05, 0.1) is 23.8 Å². The van der Waals surface area contributed by atoms with Crippen LogP contribution < -0.4 is 4.74 Å². The summed E-state index contributed by atoms with van der Waals surface area (Å²) in [6.07, 6.45) is -4.79. The molecule has 0 unspecified atom stereocenters. The van der Waals surface area contributed by atoms with Gasteiger partial charge >= 0.3 is 12.1 Å². The molecule has 0 amide bonds. The van der Waals surface area contributed by atoms with Gasteiger partial charge in [0.2, 0.25) is 10.0 Å². The van der Waals surface area contributed by atoms with Crippen molar-refractivity contribution in [2.75, 3.05) is 20.2 Å². The van der Waals surface area contributed by atoms with Crippen LogP contribution in [0.5, 0.6) is 5.75 Å². The fraction of sp³-hybridized carbons (Fsp3) is 0.533. The molecule has 10 heteroatoms. The van der Waals surface area contributed by atoms with Crippen LogP contribution >= 0.6 is 0 Å². The van der Waals surface area contributed by atoms with E-state index in [1.807, 2.05) is 0 Å². The average Bonchev–Trinajstić information content (AvgIpc) is 2.95. The molecule has 140 valence electrons. The van der Waals surface area contributed by atoms with Crippen molar-refractivity contribution in [3.05, 3.63) is 23.3 Å². The standard InChI is InChI=1S/C15H18F3NO5S/c1-8-5-13(9(2)4-12(8)24-3)25(22,23)19-6-10(14(20)21)11(7-19)15(16,17)18/h4-5,10-11H,6-7H2,1-3H3,(H,20,21)/t10-,11-/m1/s1. The van der Waals surface area contributed by atoms with E-state index in [0.29, 0.717) is 21.2 Å². The Labute approximate surface area is 143 Å². The van der Waals surface area contributed by atoms with E-state index in [2.05, 4.69) is 0 Å². The van der Waals surface area contributed by atoms with Gasteiger partial charge in [0, 0.05) is 13.1 Å². The zero-order valence-corrected chi connectivity index (χ0v) is 14.6. The molecular weight excluding hydrogens is 363 g/mol. The van der Waals surface area contributed by atoms with E-state index in [1.54, 1.807) is 6.92 Å². The summed E-state index contributed by atoms with van der Waals surface area (Å²) in [6, 6.07) is 2.80. The van der Waals surface area contributed by atoms with Crippen LogP contribution in [0.1, 0.15) is 11.1 Å². The second-order valence-electron chi connectivity index (χ2n) is 6.00. The summed E-state index contributed by atoms with van der Waals surface area (Å²) >= 11 is 0. The molecule has 1 heterocycles. The largest absolute Gasteiger partial charge is 0.496 e. The Kier molecular flexibility index (Phi) is 5.06. The third kappa shape index (κ3) is 3.59. The summed E-state index contributed by atoms with van der Waals surface area (Å²) in [5.74, 6) is -5.27. The van der Waals surface area contributed by atoms with Crippen molar-refractivity contribution in [3.63, 3.8) is 0 Å². The van der Waals surface area contributed by atoms with Crippen LogP contribution in [0.2, 0.25) is 0 Å². The average molecular weight is 381 g/mol. The molecule has 6 nitrogen and oxygen atoms in total. The number of benzene rings is 1. The van der Waals surface area contributed by atoms with Gasteiger partial charge in [-0.25, -0.2) is 8.42 Å². The molecule has 2 atom stereocenters. The molecule has 0 aliphatic carbocycles. The van der Waals surface area contributed by atoms with Gasteiger partial charge in [-0.15, -0.1) is 0 Å². The van der Waals surface area contributed by atoms with Gasteiger partial charge in [-0.3, -0.25) is 4.79 Å². The molecule has 1 saturated heterocycles. The minimum atomic E-state index is -4.79. The summed E-state index contributed by atoms with van der Waals surface area (Å²) < 4.78 is 70.5. The minimum Gasteiger partial charge on any atom is -0.496 e. The number of ether oxygens (including phenoxy) is 1. The van der Waals surface area contributed by atoms with Crippen LogP contribution in [-0.2, 0) is 14.8 Å². The molecule has 1 aliphatic heterocycles. The van der Waals surface area contributed by atoms with Crippen LogP contribution in [0.3, 0.4) is 0 Å². The van der Waals surface area contributed by atoms with E-state index in [4.69, 9.17) is 9.84 Å². The molecular formula is C15H18F3NO5S. The van der Waals surface area contributed by atoms with Crippen LogP contribution in [-0.4, -0.2) is 50.2 Å². The smallest absolute Gasteiger partial charge is 0.393 e. The summed E-state index contributed by atoms with van der Waals surface area (Å²) in [7, 11) is -2.84. The Morgan fingerprint density at radius 2 is 1.84 bits per heavy atom. The Hall–Kier alpha value is -1.81. The van der Waals surface area contributed by atoms with E-state index >= 15 is 0 Å². The first-order valence-electron chi connectivity index (χ1n) is 7.34. The molecule has 0 radical (unpaired) electrons. The van der Waals surface area contributed by atoms with Gasteiger partial charge in [-0.05, 0) is 37.1 Å². The topological polar surface area (TPSA) is 83.9 Å². The number of sulfonamides is 1. The Morgan fingerprint density at radius 3 is 2.28 bits per heavy atom. The fourth-order valence-corrected chi connectivity index (χ4v) is 4.73. The number of carboxylic acid groups (broad SMARTS) is 1. The van der Waals surface area contributed by atoms with E-state index in [0.717, 1.165) is 0 Å². The monoisotopic (exact) mass is 381 g/mol. The Bertz CT molecular complexity index is 791. The van der Waals surface area contributed by atoms with Gasteiger partial charge in [-0.1, -0.05) is 0 Å². The molecule has 1 aliphatic rings. The normalized spacial score (nSPS) is 22.2. The van der Waals surface area contributed by atoms with Crippen molar-refractivity contribution in [2.24, 2.45) is 11.8 Å². The predicted octanol–water partition coefficient (Wildman–Crippen LogP) is 2.20. The number of methoxy groups -OCH3 is 1.